The maximum absolute atomic E-state index is 13.1. The average Bonchev–Trinajstić information content (AvgIpc) is 3.58. The number of halogens is 1. The van der Waals surface area contributed by atoms with Gasteiger partial charge in [-0.2, -0.15) is 0 Å². The van der Waals surface area contributed by atoms with Crippen LogP contribution in [-0.2, 0) is 20.8 Å². The Hall–Kier alpha value is -3.20. The van der Waals surface area contributed by atoms with Crippen LogP contribution < -0.4 is 0 Å². The summed E-state index contributed by atoms with van der Waals surface area (Å²) in [6, 6.07) is 4.24. The zero-order valence-electron chi connectivity index (χ0n) is 22.1. The number of carbonyl (C=O) groups excluding carboxylic acids is 1. The molecule has 9 nitrogen and oxygen atoms in total. The van der Waals surface area contributed by atoms with Gasteiger partial charge in [-0.15, -0.1) is 0 Å². The SMILES string of the molecule is CC(C)(CC1CC(c2onc([C@@H](CCC(=O)O)CC(=O)Cc3ccc(C(=O)O)cc3Cl)c2C2CC2)C1)C(=O)O. The zero-order chi connectivity index (χ0) is 28.5. The van der Waals surface area contributed by atoms with Crippen molar-refractivity contribution >= 4 is 35.3 Å². The Morgan fingerprint density at radius 1 is 1.10 bits per heavy atom. The minimum Gasteiger partial charge on any atom is -0.481 e. The summed E-state index contributed by atoms with van der Waals surface area (Å²) in [5.41, 5.74) is 1.41. The highest BCUT2D eigenvalue weighted by Crippen LogP contribution is 2.53. The molecule has 10 heteroatoms. The molecule has 2 aliphatic rings. The van der Waals surface area contributed by atoms with E-state index in [0.717, 1.165) is 37.0 Å². The smallest absolute Gasteiger partial charge is 0.335 e. The topological polar surface area (TPSA) is 155 Å². The van der Waals surface area contributed by atoms with Gasteiger partial charge < -0.3 is 19.8 Å². The summed E-state index contributed by atoms with van der Waals surface area (Å²) >= 11 is 6.23. The number of rotatable bonds is 14. The van der Waals surface area contributed by atoms with Crippen molar-refractivity contribution in [1.29, 1.82) is 0 Å². The first-order valence-electron chi connectivity index (χ1n) is 13.3. The molecule has 4 rings (SSSR count). The Bertz CT molecular complexity index is 1270. The minimum absolute atomic E-state index is 0.00452. The predicted octanol–water partition coefficient (Wildman–Crippen LogP) is 6.05. The number of carboxylic acids is 3. The van der Waals surface area contributed by atoms with E-state index in [0.29, 0.717) is 17.7 Å². The summed E-state index contributed by atoms with van der Waals surface area (Å²) < 4.78 is 5.87. The fourth-order valence-corrected chi connectivity index (χ4v) is 5.88. The number of aromatic carboxylic acids is 1. The standard InChI is InChI=1S/C29H34ClNO8/c1-29(2,28(37)38)14-15-9-20(10-15)26-24(16-3-4-16)25(31-39-26)18(7-8-23(33)34)12-21(32)11-17-5-6-19(27(35)36)13-22(17)30/h5-6,13,15-16,18,20H,3-4,7-12,14H2,1-2H3,(H,33,34)(H,35,36)(H,37,38)/t15?,18-,20?/m0/s1. The summed E-state index contributed by atoms with van der Waals surface area (Å²) in [5, 5.41) is 32.5. The molecule has 1 heterocycles. The van der Waals surface area contributed by atoms with E-state index >= 15 is 0 Å². The van der Waals surface area contributed by atoms with Crippen LogP contribution in [0.3, 0.4) is 0 Å². The number of Topliss-reactive ketones (excluding diaryl/α,β-unsaturated/α-hetero) is 1. The summed E-state index contributed by atoms with van der Waals surface area (Å²) in [6.07, 6.45) is 4.36. The lowest BCUT2D eigenvalue weighted by atomic mass is 9.66. The Balaban J connectivity index is 1.50. The van der Waals surface area contributed by atoms with E-state index in [9.17, 15) is 29.4 Å². The van der Waals surface area contributed by atoms with Gasteiger partial charge in [-0.1, -0.05) is 22.8 Å². The molecular weight excluding hydrogens is 526 g/mol. The number of benzene rings is 1. The van der Waals surface area contributed by atoms with Gasteiger partial charge in [-0.05, 0) is 81.9 Å². The molecule has 0 amide bonds. The van der Waals surface area contributed by atoms with Crippen LogP contribution >= 0.6 is 11.6 Å². The summed E-state index contributed by atoms with van der Waals surface area (Å²) in [4.78, 5) is 47.2. The maximum Gasteiger partial charge on any atom is 0.335 e. The van der Waals surface area contributed by atoms with Crippen molar-refractivity contribution in [2.45, 2.75) is 89.4 Å². The first kappa shape index (κ1) is 28.8. The number of hydrogen-bond donors (Lipinski definition) is 3. The van der Waals surface area contributed by atoms with Gasteiger partial charge in [-0.25, -0.2) is 4.79 Å². The van der Waals surface area contributed by atoms with E-state index in [1.807, 2.05) is 0 Å². The van der Waals surface area contributed by atoms with Gasteiger partial charge in [0.05, 0.1) is 16.7 Å². The third-order valence-electron chi connectivity index (χ3n) is 8.01. The summed E-state index contributed by atoms with van der Waals surface area (Å²) in [7, 11) is 0. The molecule has 2 aliphatic carbocycles. The molecule has 1 aromatic carbocycles. The first-order chi connectivity index (χ1) is 18.4. The first-order valence-corrected chi connectivity index (χ1v) is 13.7. The lowest BCUT2D eigenvalue weighted by molar-refractivity contribution is -0.148. The van der Waals surface area contributed by atoms with E-state index in [2.05, 4.69) is 5.16 Å². The highest BCUT2D eigenvalue weighted by molar-refractivity contribution is 6.31. The average molecular weight is 560 g/mol. The highest BCUT2D eigenvalue weighted by atomic mass is 35.5. The van der Waals surface area contributed by atoms with Crippen LogP contribution in [0.1, 0.15) is 116 Å². The molecule has 0 spiro atoms. The molecule has 3 N–H and O–H groups in total. The van der Waals surface area contributed by atoms with E-state index in [4.69, 9.17) is 21.2 Å². The van der Waals surface area contributed by atoms with Crippen LogP contribution in [0.15, 0.2) is 22.7 Å². The monoisotopic (exact) mass is 559 g/mol. The maximum atomic E-state index is 13.1. The Morgan fingerprint density at radius 2 is 1.79 bits per heavy atom. The molecule has 1 atom stereocenters. The van der Waals surface area contributed by atoms with Crippen molar-refractivity contribution < 1.29 is 39.0 Å². The third kappa shape index (κ3) is 6.87. The quantitative estimate of drug-likeness (QED) is 0.251. The van der Waals surface area contributed by atoms with Crippen molar-refractivity contribution in [1.82, 2.24) is 5.16 Å². The number of ketones is 1. The van der Waals surface area contributed by atoms with Gasteiger partial charge in [0.2, 0.25) is 0 Å². The Kier molecular flexibility index (Phi) is 8.49. The molecular formula is C29H34ClNO8. The van der Waals surface area contributed by atoms with Crippen molar-refractivity contribution in [3.05, 3.63) is 51.4 Å². The largest absolute Gasteiger partial charge is 0.481 e. The zero-order valence-corrected chi connectivity index (χ0v) is 22.9. The molecule has 210 valence electrons. The number of aliphatic carboxylic acids is 2. The Labute approximate surface area is 231 Å². The van der Waals surface area contributed by atoms with Gasteiger partial charge in [0.25, 0.3) is 0 Å². The third-order valence-corrected chi connectivity index (χ3v) is 8.36. The van der Waals surface area contributed by atoms with E-state index in [1.54, 1.807) is 13.8 Å². The normalized spacial score (nSPS) is 19.8. The van der Waals surface area contributed by atoms with Crippen molar-refractivity contribution in [3.8, 4) is 0 Å². The number of nitrogens with zero attached hydrogens (tertiary/aromatic N) is 1. The van der Waals surface area contributed by atoms with Crippen molar-refractivity contribution in [2.75, 3.05) is 0 Å². The number of aromatic nitrogens is 1. The fourth-order valence-electron chi connectivity index (χ4n) is 5.64. The van der Waals surface area contributed by atoms with Crippen LogP contribution in [0.2, 0.25) is 5.02 Å². The van der Waals surface area contributed by atoms with Crippen LogP contribution in [0.25, 0.3) is 0 Å². The number of carboxylic acid groups (broad SMARTS) is 3. The Morgan fingerprint density at radius 3 is 2.36 bits per heavy atom. The van der Waals surface area contributed by atoms with Crippen LogP contribution in [-0.4, -0.2) is 44.2 Å². The number of hydrogen-bond acceptors (Lipinski definition) is 6. The van der Waals surface area contributed by atoms with Gasteiger partial charge in [0.15, 0.2) is 0 Å². The van der Waals surface area contributed by atoms with Crippen LogP contribution in [0.5, 0.6) is 0 Å². The van der Waals surface area contributed by atoms with E-state index in [-0.39, 0.29) is 59.8 Å². The van der Waals surface area contributed by atoms with E-state index in [1.165, 1.54) is 18.2 Å². The van der Waals surface area contributed by atoms with Gasteiger partial charge in [0.1, 0.15) is 11.5 Å². The molecule has 2 saturated carbocycles. The molecule has 0 unspecified atom stereocenters. The predicted molar refractivity (Wildman–Crippen MR) is 141 cm³/mol. The molecule has 2 aromatic rings. The van der Waals surface area contributed by atoms with Crippen molar-refractivity contribution in [2.24, 2.45) is 11.3 Å². The molecule has 1 aromatic heterocycles. The van der Waals surface area contributed by atoms with Crippen LogP contribution in [0.4, 0.5) is 0 Å². The number of carbonyl (C=O) groups is 4. The van der Waals surface area contributed by atoms with Gasteiger partial charge in [-0.3, -0.25) is 14.4 Å². The van der Waals surface area contributed by atoms with Crippen molar-refractivity contribution in [3.63, 3.8) is 0 Å². The summed E-state index contributed by atoms with van der Waals surface area (Å²) in [6.45, 7) is 3.48. The fraction of sp³-hybridized carbons (Fsp3) is 0.552. The minimum atomic E-state index is -1.11. The molecule has 0 radical (unpaired) electrons. The van der Waals surface area contributed by atoms with Crippen LogP contribution in [0, 0.1) is 11.3 Å². The van der Waals surface area contributed by atoms with Gasteiger partial charge in [0, 0.05) is 41.7 Å². The van der Waals surface area contributed by atoms with E-state index < -0.39 is 29.2 Å². The second-order valence-corrected chi connectivity index (χ2v) is 12.1. The lowest BCUT2D eigenvalue weighted by Crippen LogP contribution is -2.32. The van der Waals surface area contributed by atoms with Gasteiger partial charge >= 0.3 is 17.9 Å². The summed E-state index contributed by atoms with van der Waals surface area (Å²) in [5.74, 6) is -1.96. The molecule has 0 aliphatic heterocycles. The molecule has 0 bridgehead atoms. The lowest BCUT2D eigenvalue weighted by Gasteiger charge is -2.37. The second-order valence-electron chi connectivity index (χ2n) is 11.7. The molecule has 39 heavy (non-hydrogen) atoms. The molecule has 2 fully saturated rings. The molecule has 0 saturated heterocycles. The second kappa shape index (κ2) is 11.5. The highest BCUT2D eigenvalue weighted by Gasteiger charge is 2.43.